The molecule has 136 valence electrons. The van der Waals surface area contributed by atoms with E-state index in [2.05, 4.69) is 5.32 Å². The van der Waals surface area contributed by atoms with E-state index < -0.39 is 31.5 Å². The van der Waals surface area contributed by atoms with Gasteiger partial charge in [-0.05, 0) is 39.0 Å². The van der Waals surface area contributed by atoms with Gasteiger partial charge in [0.25, 0.3) is 0 Å². The number of hydrogen-bond donors (Lipinski definition) is 2. The highest BCUT2D eigenvalue weighted by molar-refractivity contribution is 7.90. The van der Waals surface area contributed by atoms with Gasteiger partial charge in [-0.25, -0.2) is 22.0 Å². The van der Waals surface area contributed by atoms with Crippen LogP contribution in [0.15, 0.2) is 34.1 Å². The van der Waals surface area contributed by atoms with Crippen LogP contribution in [-0.2, 0) is 24.8 Å². The summed E-state index contributed by atoms with van der Waals surface area (Å²) in [6.07, 6.45) is 0. The lowest BCUT2D eigenvalue weighted by atomic mass is 10.1. The number of rotatable bonds is 6. The van der Waals surface area contributed by atoms with Crippen LogP contribution >= 0.6 is 0 Å². The van der Waals surface area contributed by atoms with Gasteiger partial charge in [-0.3, -0.25) is 4.79 Å². The molecule has 0 saturated carbocycles. The van der Waals surface area contributed by atoms with E-state index >= 15 is 0 Å². The molecule has 0 heterocycles. The van der Waals surface area contributed by atoms with Gasteiger partial charge in [0.2, 0.25) is 26.0 Å². The van der Waals surface area contributed by atoms with Crippen LogP contribution in [-0.4, -0.2) is 45.7 Å². The molecule has 8 nitrogen and oxygen atoms in total. The Balaban J connectivity index is 3.15. The fourth-order valence-corrected chi connectivity index (χ4v) is 4.03. The van der Waals surface area contributed by atoms with E-state index in [4.69, 9.17) is 5.14 Å². The third-order valence-corrected chi connectivity index (χ3v) is 5.79. The molecule has 0 aliphatic heterocycles. The summed E-state index contributed by atoms with van der Waals surface area (Å²) in [7, 11) is -8.06. The number of primary sulfonamides is 1. The molecule has 1 amide bonds. The summed E-state index contributed by atoms with van der Waals surface area (Å²) < 4.78 is 49.1. The van der Waals surface area contributed by atoms with Crippen molar-refractivity contribution in [2.45, 2.75) is 43.0 Å². The molecule has 0 aliphatic rings. The topological polar surface area (TPSA) is 127 Å². The summed E-state index contributed by atoms with van der Waals surface area (Å²) in [6.45, 7) is 6.63. The molecule has 0 atom stereocenters. The number of likely N-dealkylation sites (N-methyl/N-ethyl adjacent to an activating group) is 1. The number of carbonyl (C=O) groups excluding carboxylic acids is 1. The first-order valence-corrected chi connectivity index (χ1v) is 10.2. The third kappa shape index (κ3) is 5.55. The third-order valence-electron chi connectivity index (χ3n) is 2.96. The predicted molar refractivity (Wildman–Crippen MR) is 90.1 cm³/mol. The lowest BCUT2D eigenvalue weighted by Gasteiger charge is -2.24. The first kappa shape index (κ1) is 20.6. The Morgan fingerprint density at radius 2 is 1.71 bits per heavy atom. The maximum Gasteiger partial charge on any atom is 0.243 e. The molecule has 0 saturated heterocycles. The first-order chi connectivity index (χ1) is 10.8. The molecule has 10 heteroatoms. The summed E-state index contributed by atoms with van der Waals surface area (Å²) in [4.78, 5) is 11.5. The van der Waals surface area contributed by atoms with Gasteiger partial charge in [0, 0.05) is 12.1 Å². The van der Waals surface area contributed by atoms with Gasteiger partial charge in [0.05, 0.1) is 16.3 Å². The van der Waals surface area contributed by atoms with Crippen LogP contribution in [0, 0.1) is 0 Å². The molecule has 1 aromatic rings. The number of benzene rings is 1. The Hall–Kier alpha value is -1.49. The number of carbonyl (C=O) groups is 1. The van der Waals surface area contributed by atoms with Crippen LogP contribution in [0.3, 0.4) is 0 Å². The van der Waals surface area contributed by atoms with Crippen molar-refractivity contribution in [1.29, 1.82) is 0 Å². The van der Waals surface area contributed by atoms with Gasteiger partial charge < -0.3 is 5.32 Å². The van der Waals surface area contributed by atoms with Crippen molar-refractivity contribution >= 4 is 26.0 Å². The normalized spacial score (nSPS) is 13.1. The van der Waals surface area contributed by atoms with Crippen molar-refractivity contribution in [3.05, 3.63) is 24.3 Å². The van der Waals surface area contributed by atoms with Crippen molar-refractivity contribution in [2.75, 3.05) is 13.1 Å². The zero-order valence-electron chi connectivity index (χ0n) is 14.1. The van der Waals surface area contributed by atoms with Crippen LogP contribution < -0.4 is 10.5 Å². The molecule has 1 rings (SSSR count). The van der Waals surface area contributed by atoms with E-state index in [9.17, 15) is 21.6 Å². The van der Waals surface area contributed by atoms with Crippen LogP contribution in [0.1, 0.15) is 27.7 Å². The smallest absolute Gasteiger partial charge is 0.243 e. The van der Waals surface area contributed by atoms with Crippen molar-refractivity contribution < 1.29 is 21.6 Å². The summed E-state index contributed by atoms with van der Waals surface area (Å²) in [5.41, 5.74) is -0.492. The molecule has 0 fully saturated rings. The lowest BCUT2D eigenvalue weighted by molar-refractivity contribution is -0.122. The van der Waals surface area contributed by atoms with Crippen molar-refractivity contribution in [3.8, 4) is 0 Å². The van der Waals surface area contributed by atoms with Crippen LogP contribution in [0.5, 0.6) is 0 Å². The molecule has 0 aromatic heterocycles. The van der Waals surface area contributed by atoms with Crippen molar-refractivity contribution in [1.82, 2.24) is 9.62 Å². The second kappa shape index (κ2) is 7.18. The summed E-state index contributed by atoms with van der Waals surface area (Å²) in [6, 6.07) is 4.73. The van der Waals surface area contributed by atoms with Gasteiger partial charge in [-0.1, -0.05) is 13.0 Å². The number of nitrogens with zero attached hydrogens (tertiary/aromatic N) is 1. The Kier molecular flexibility index (Phi) is 6.15. The second-order valence-corrected chi connectivity index (χ2v) is 9.75. The van der Waals surface area contributed by atoms with Gasteiger partial charge in [0.1, 0.15) is 0 Å². The fourth-order valence-electron chi connectivity index (χ4n) is 1.95. The minimum Gasteiger partial charge on any atom is -0.350 e. The van der Waals surface area contributed by atoms with Gasteiger partial charge in [-0.15, -0.1) is 0 Å². The second-order valence-electron chi connectivity index (χ2n) is 6.25. The van der Waals surface area contributed by atoms with E-state index in [1.165, 1.54) is 18.2 Å². The maximum absolute atomic E-state index is 12.7. The standard InChI is InChI=1S/C14H23N3O5S2/c1-5-17(10-13(18)16-14(2,3)4)24(21,22)12-8-6-7-11(9-12)23(15,19)20/h6-9H,5,10H2,1-4H3,(H,16,18)(H2,15,19,20). The summed E-state index contributed by atoms with van der Waals surface area (Å²) in [5, 5.41) is 7.71. The predicted octanol–water partition coefficient (Wildman–Crippen LogP) is 0.259. The van der Waals surface area contributed by atoms with Gasteiger partial charge in [-0.2, -0.15) is 4.31 Å². The van der Waals surface area contributed by atoms with Crippen LogP contribution in [0.2, 0.25) is 0 Å². The van der Waals surface area contributed by atoms with E-state index in [1.54, 1.807) is 27.7 Å². The Bertz CT molecular complexity index is 811. The lowest BCUT2D eigenvalue weighted by Crippen LogP contribution is -2.47. The molecule has 0 radical (unpaired) electrons. The maximum atomic E-state index is 12.7. The molecular weight excluding hydrogens is 354 g/mol. The van der Waals surface area contributed by atoms with E-state index in [0.29, 0.717) is 0 Å². The number of sulfonamides is 2. The first-order valence-electron chi connectivity index (χ1n) is 7.21. The minimum atomic E-state index is -4.03. The Morgan fingerprint density at radius 1 is 1.17 bits per heavy atom. The molecule has 0 bridgehead atoms. The highest BCUT2D eigenvalue weighted by atomic mass is 32.2. The molecule has 0 aliphatic carbocycles. The van der Waals surface area contributed by atoms with Crippen LogP contribution in [0.4, 0.5) is 0 Å². The van der Waals surface area contributed by atoms with Crippen molar-refractivity contribution in [2.24, 2.45) is 5.14 Å². The highest BCUT2D eigenvalue weighted by Gasteiger charge is 2.27. The fraction of sp³-hybridized carbons (Fsp3) is 0.500. The number of hydrogen-bond acceptors (Lipinski definition) is 5. The van der Waals surface area contributed by atoms with Crippen molar-refractivity contribution in [3.63, 3.8) is 0 Å². The molecular formula is C14H23N3O5S2. The van der Waals surface area contributed by atoms with Gasteiger partial charge in [0.15, 0.2) is 0 Å². The number of nitrogens with two attached hydrogens (primary N) is 1. The molecule has 0 spiro atoms. The average Bonchev–Trinajstić information content (AvgIpc) is 2.42. The van der Waals surface area contributed by atoms with Crippen LogP contribution in [0.25, 0.3) is 0 Å². The van der Waals surface area contributed by atoms with E-state index in [0.717, 1.165) is 10.4 Å². The molecule has 0 unspecified atom stereocenters. The molecule has 3 N–H and O–H groups in total. The molecule has 1 aromatic carbocycles. The Morgan fingerprint density at radius 3 is 2.17 bits per heavy atom. The van der Waals surface area contributed by atoms with Gasteiger partial charge >= 0.3 is 0 Å². The average molecular weight is 377 g/mol. The molecule has 24 heavy (non-hydrogen) atoms. The highest BCUT2D eigenvalue weighted by Crippen LogP contribution is 2.19. The van der Waals surface area contributed by atoms with E-state index in [1.807, 2.05) is 0 Å². The number of amides is 1. The monoisotopic (exact) mass is 377 g/mol. The summed E-state index contributed by atoms with van der Waals surface area (Å²) in [5.74, 6) is -0.449. The quantitative estimate of drug-likeness (QED) is 0.735. The zero-order chi connectivity index (χ0) is 18.8. The largest absolute Gasteiger partial charge is 0.350 e. The summed E-state index contributed by atoms with van der Waals surface area (Å²) >= 11 is 0. The number of nitrogens with one attached hydrogen (secondary N) is 1. The zero-order valence-corrected chi connectivity index (χ0v) is 15.7. The SMILES string of the molecule is CCN(CC(=O)NC(C)(C)C)S(=O)(=O)c1cccc(S(N)(=O)=O)c1. The minimum absolute atomic E-state index is 0.0551. The van der Waals surface area contributed by atoms with E-state index in [-0.39, 0.29) is 22.9 Å². The Labute approximate surface area is 143 Å².